The second-order valence-corrected chi connectivity index (χ2v) is 21.5. The van der Waals surface area contributed by atoms with Gasteiger partial charge in [-0.05, 0) is 12.8 Å². The molecule has 0 aliphatic carbocycles. The molecule has 3 atom stereocenters. The third-order valence-electron chi connectivity index (χ3n) is 13.3. The largest absolute Gasteiger partial charge is 0.472 e. The summed E-state index contributed by atoms with van der Waals surface area (Å²) in [6.45, 7) is 2.48. The summed E-state index contributed by atoms with van der Waals surface area (Å²) in [5.74, 6) is -0.898. The summed E-state index contributed by atoms with van der Waals surface area (Å²) in [6, 6.07) is 0. The molecule has 0 rings (SSSR count). The van der Waals surface area contributed by atoms with Crippen LogP contribution >= 0.6 is 7.82 Å². The van der Waals surface area contributed by atoms with E-state index in [1.165, 1.54) is 238 Å². The monoisotopic (exact) mass is 975 g/mol. The minimum atomic E-state index is -4.62. The highest BCUT2D eigenvalue weighted by molar-refractivity contribution is 7.47. The van der Waals surface area contributed by atoms with E-state index in [1.54, 1.807) is 0 Å². The third-order valence-corrected chi connectivity index (χ3v) is 14.2. The Bertz CT molecular complexity index is 1080. The Morgan fingerprint density at radius 3 is 0.925 bits per heavy atom. The average molecular weight is 975 g/mol. The number of hydrogen-bond donors (Lipinski definition) is 3. The van der Waals surface area contributed by atoms with Gasteiger partial charge in [-0.1, -0.05) is 284 Å². The van der Waals surface area contributed by atoms with Crippen molar-refractivity contribution < 1.29 is 47.8 Å². The van der Waals surface area contributed by atoms with Gasteiger partial charge in [-0.2, -0.15) is 0 Å². The Morgan fingerprint density at radius 2 is 0.642 bits per heavy atom. The molecule has 0 aromatic heterocycles. The van der Waals surface area contributed by atoms with E-state index >= 15 is 0 Å². The van der Waals surface area contributed by atoms with Gasteiger partial charge in [0.1, 0.15) is 12.7 Å². The topological polar surface area (TPSA) is 149 Å². The van der Waals surface area contributed by atoms with Crippen LogP contribution in [0.1, 0.15) is 309 Å². The minimum absolute atomic E-state index is 0.193. The first kappa shape index (κ1) is 66.0. The molecule has 0 fully saturated rings. The molecular formula is C56H111O10P. The smallest absolute Gasteiger partial charge is 0.462 e. The summed E-state index contributed by atoms with van der Waals surface area (Å²) in [6.07, 6.45) is 55.1. The number of phosphoric ester groups is 1. The summed E-state index contributed by atoms with van der Waals surface area (Å²) in [5, 5.41) is 18.4. The van der Waals surface area contributed by atoms with Crippen molar-refractivity contribution in [2.24, 2.45) is 0 Å². The highest BCUT2D eigenvalue weighted by Crippen LogP contribution is 2.43. The second kappa shape index (κ2) is 52.8. The van der Waals surface area contributed by atoms with Gasteiger partial charge in [-0.25, -0.2) is 4.57 Å². The predicted octanol–water partition coefficient (Wildman–Crippen LogP) is 16.9. The van der Waals surface area contributed by atoms with Gasteiger partial charge in [0.2, 0.25) is 0 Å². The first-order valence-electron chi connectivity index (χ1n) is 29.0. The van der Waals surface area contributed by atoms with E-state index in [4.69, 9.17) is 23.6 Å². The van der Waals surface area contributed by atoms with E-state index in [1.807, 2.05) is 0 Å². The molecule has 0 aromatic carbocycles. The number of rotatable bonds is 56. The predicted molar refractivity (Wildman–Crippen MR) is 279 cm³/mol. The van der Waals surface area contributed by atoms with Crippen molar-refractivity contribution in [3.63, 3.8) is 0 Å². The molecule has 0 heterocycles. The molecule has 400 valence electrons. The fraction of sp³-hybridized carbons (Fsp3) is 0.964. The quantitative estimate of drug-likeness (QED) is 0.0305. The highest BCUT2D eigenvalue weighted by Gasteiger charge is 2.27. The van der Waals surface area contributed by atoms with Crippen molar-refractivity contribution >= 4 is 19.8 Å². The summed E-state index contributed by atoms with van der Waals surface area (Å²) in [5.41, 5.74) is 0. The zero-order chi connectivity index (χ0) is 49.0. The first-order valence-corrected chi connectivity index (χ1v) is 30.5. The van der Waals surface area contributed by atoms with E-state index < -0.39 is 51.8 Å². The summed E-state index contributed by atoms with van der Waals surface area (Å²) in [4.78, 5) is 35.3. The van der Waals surface area contributed by atoms with Crippen LogP contribution in [0.4, 0.5) is 0 Å². The van der Waals surface area contributed by atoms with E-state index in [2.05, 4.69) is 13.8 Å². The van der Waals surface area contributed by atoms with Crippen LogP contribution in [0.5, 0.6) is 0 Å². The number of phosphoric acid groups is 1. The molecule has 0 spiro atoms. The lowest BCUT2D eigenvalue weighted by atomic mass is 10.0. The molecule has 11 heteroatoms. The standard InChI is InChI=1S/C56H111O10P/c1-3-5-7-9-11-13-15-17-19-21-23-25-26-28-29-31-33-35-37-39-41-43-45-47-55(59)63-51-54(52-65-67(61,62)64-50-53(58)49-57)66-56(60)48-46-44-42-40-38-36-34-32-30-27-24-22-20-18-16-14-12-10-8-6-4-2/h53-54,57-58H,3-52H2,1-2H3,(H,61,62)/t53-,54+/m0/s1. The lowest BCUT2D eigenvalue weighted by Crippen LogP contribution is -2.29. The Labute approximate surface area is 414 Å². The Balaban J connectivity index is 4.04. The number of esters is 2. The van der Waals surface area contributed by atoms with Crippen molar-refractivity contribution in [1.82, 2.24) is 0 Å². The van der Waals surface area contributed by atoms with Gasteiger partial charge in [0, 0.05) is 12.8 Å². The summed E-state index contributed by atoms with van der Waals surface area (Å²) in [7, 11) is -4.62. The van der Waals surface area contributed by atoms with Crippen molar-refractivity contribution in [1.29, 1.82) is 0 Å². The molecule has 0 radical (unpaired) electrons. The first-order chi connectivity index (χ1) is 32.7. The maximum atomic E-state index is 12.7. The van der Waals surface area contributed by atoms with E-state index in [0.717, 1.165) is 32.1 Å². The summed E-state index contributed by atoms with van der Waals surface area (Å²) >= 11 is 0. The zero-order valence-corrected chi connectivity index (χ0v) is 45.1. The Morgan fingerprint density at radius 1 is 0.388 bits per heavy atom. The van der Waals surface area contributed by atoms with Gasteiger partial charge in [-0.15, -0.1) is 0 Å². The average Bonchev–Trinajstić information content (AvgIpc) is 3.32. The van der Waals surface area contributed by atoms with Crippen LogP contribution in [-0.2, 0) is 32.7 Å². The Hall–Kier alpha value is -1.03. The molecular weight excluding hydrogens is 864 g/mol. The van der Waals surface area contributed by atoms with Gasteiger partial charge in [-0.3, -0.25) is 18.6 Å². The molecule has 0 saturated heterocycles. The molecule has 0 aromatic rings. The molecule has 10 nitrogen and oxygen atoms in total. The molecule has 0 aliphatic rings. The maximum Gasteiger partial charge on any atom is 0.472 e. The molecule has 0 bridgehead atoms. The van der Waals surface area contributed by atoms with E-state index in [0.29, 0.717) is 12.8 Å². The minimum Gasteiger partial charge on any atom is -0.462 e. The normalized spacial score (nSPS) is 13.4. The van der Waals surface area contributed by atoms with E-state index in [-0.39, 0.29) is 19.4 Å². The van der Waals surface area contributed by atoms with Gasteiger partial charge in [0.05, 0.1) is 19.8 Å². The van der Waals surface area contributed by atoms with Gasteiger partial charge < -0.3 is 24.6 Å². The zero-order valence-electron chi connectivity index (χ0n) is 44.2. The number of ether oxygens (including phenoxy) is 2. The third kappa shape index (κ3) is 52.6. The molecule has 1 unspecified atom stereocenters. The number of aliphatic hydroxyl groups excluding tert-OH is 2. The second-order valence-electron chi connectivity index (χ2n) is 20.0. The van der Waals surface area contributed by atoms with Gasteiger partial charge >= 0.3 is 19.8 Å². The van der Waals surface area contributed by atoms with Crippen molar-refractivity contribution in [2.75, 3.05) is 26.4 Å². The Kier molecular flexibility index (Phi) is 52.0. The summed E-state index contributed by atoms with van der Waals surface area (Å²) < 4.78 is 33.0. The number of aliphatic hydroxyl groups is 2. The van der Waals surface area contributed by atoms with Crippen LogP contribution < -0.4 is 0 Å². The maximum absolute atomic E-state index is 12.7. The van der Waals surface area contributed by atoms with Crippen LogP contribution in [-0.4, -0.2) is 65.7 Å². The van der Waals surface area contributed by atoms with Crippen LogP contribution in [0.2, 0.25) is 0 Å². The highest BCUT2D eigenvalue weighted by atomic mass is 31.2. The van der Waals surface area contributed by atoms with Crippen molar-refractivity contribution in [3.05, 3.63) is 0 Å². The van der Waals surface area contributed by atoms with Crippen LogP contribution in [0.3, 0.4) is 0 Å². The van der Waals surface area contributed by atoms with Crippen molar-refractivity contribution in [2.45, 2.75) is 321 Å². The number of unbranched alkanes of at least 4 members (excludes halogenated alkanes) is 42. The lowest BCUT2D eigenvalue weighted by Gasteiger charge is -2.20. The van der Waals surface area contributed by atoms with Crippen LogP contribution in [0, 0.1) is 0 Å². The number of carbonyl (C=O) groups excluding carboxylic acids is 2. The van der Waals surface area contributed by atoms with Gasteiger partial charge in [0.15, 0.2) is 6.10 Å². The fourth-order valence-corrected chi connectivity index (χ4v) is 9.61. The van der Waals surface area contributed by atoms with E-state index in [9.17, 15) is 24.2 Å². The SMILES string of the molecule is CCCCCCCCCCCCCCCCCCCCCCCCCC(=O)OC[C@H](COP(=O)(O)OC[C@@H](O)CO)OC(=O)CCCCCCCCCCCCCCCCCCCCCCC. The molecule has 0 amide bonds. The van der Waals surface area contributed by atoms with Crippen LogP contribution in [0.25, 0.3) is 0 Å². The molecule has 0 saturated carbocycles. The van der Waals surface area contributed by atoms with Gasteiger partial charge in [0.25, 0.3) is 0 Å². The lowest BCUT2D eigenvalue weighted by molar-refractivity contribution is -0.161. The number of hydrogen-bond acceptors (Lipinski definition) is 9. The van der Waals surface area contributed by atoms with Crippen LogP contribution in [0.15, 0.2) is 0 Å². The van der Waals surface area contributed by atoms with Crippen molar-refractivity contribution in [3.8, 4) is 0 Å². The molecule has 0 aliphatic heterocycles. The molecule has 67 heavy (non-hydrogen) atoms. The number of carbonyl (C=O) groups is 2. The fourth-order valence-electron chi connectivity index (χ4n) is 8.82. The molecule has 3 N–H and O–H groups in total.